The number of hydrogen-bond donors (Lipinski definition) is 0. The Morgan fingerprint density at radius 3 is 2.81 bits per heavy atom. The molecule has 27 heavy (non-hydrogen) atoms. The Labute approximate surface area is 168 Å². The summed E-state index contributed by atoms with van der Waals surface area (Å²) in [6, 6.07) is 11.7. The predicted octanol–water partition coefficient (Wildman–Crippen LogP) is 5.74. The lowest BCUT2D eigenvalue weighted by Gasteiger charge is -2.44. The van der Waals surface area contributed by atoms with Crippen LogP contribution in [0.4, 0.5) is 4.79 Å². The number of carbonyl (C=O) groups is 1. The number of pyridine rings is 1. The molecule has 0 spiro atoms. The van der Waals surface area contributed by atoms with E-state index in [-0.39, 0.29) is 24.8 Å². The summed E-state index contributed by atoms with van der Waals surface area (Å²) in [5, 5.41) is 1.01. The lowest BCUT2D eigenvalue weighted by atomic mass is 9.83. The van der Waals surface area contributed by atoms with E-state index in [0.29, 0.717) is 10.2 Å². The number of halogens is 2. The highest BCUT2D eigenvalue weighted by Crippen LogP contribution is 2.39. The maximum atomic E-state index is 12.8. The molecule has 0 aliphatic carbocycles. The molecule has 1 aromatic carbocycles. The van der Waals surface area contributed by atoms with Gasteiger partial charge in [0.05, 0.1) is 11.1 Å². The molecule has 140 valence electrons. The summed E-state index contributed by atoms with van der Waals surface area (Å²) in [6.45, 7) is 0.290. The third-order valence-corrected chi connectivity index (χ3v) is 5.73. The molecule has 4 nitrogen and oxygen atoms in total. The molecule has 2 aromatic rings. The molecule has 1 fully saturated rings. The third kappa shape index (κ3) is 3.97. The van der Waals surface area contributed by atoms with Crippen LogP contribution >= 0.6 is 23.2 Å². The average Bonchev–Trinajstić information content (AvgIpc) is 2.68. The molecule has 0 saturated carbocycles. The SMILES string of the molecule is O=C(OCc1ccccc1)N1C2C=C(c3cc(Cl)ncc3Cl)CC1CCC2. The van der Waals surface area contributed by atoms with Crippen LogP contribution in [0.15, 0.2) is 48.7 Å². The quantitative estimate of drug-likeness (QED) is 0.615. The van der Waals surface area contributed by atoms with Crippen LogP contribution in [0.5, 0.6) is 0 Å². The minimum Gasteiger partial charge on any atom is -0.445 e. The van der Waals surface area contributed by atoms with E-state index in [1.165, 1.54) is 0 Å². The molecule has 2 aliphatic rings. The average molecular weight is 403 g/mol. The molecule has 6 heteroatoms. The Morgan fingerprint density at radius 1 is 1.22 bits per heavy atom. The molecule has 2 unspecified atom stereocenters. The molecule has 2 bridgehead atoms. The molecule has 3 heterocycles. The zero-order chi connectivity index (χ0) is 18.8. The van der Waals surface area contributed by atoms with Crippen LogP contribution in [0.3, 0.4) is 0 Å². The third-order valence-electron chi connectivity index (χ3n) is 5.22. The molecular weight excluding hydrogens is 383 g/mol. The molecule has 4 rings (SSSR count). The van der Waals surface area contributed by atoms with Gasteiger partial charge in [0, 0.05) is 17.8 Å². The highest BCUT2D eigenvalue weighted by Gasteiger charge is 2.38. The summed E-state index contributed by atoms with van der Waals surface area (Å²) >= 11 is 12.4. The lowest BCUT2D eigenvalue weighted by molar-refractivity contribution is 0.0510. The van der Waals surface area contributed by atoms with E-state index in [9.17, 15) is 4.79 Å². The molecule has 0 N–H and O–H groups in total. The van der Waals surface area contributed by atoms with Gasteiger partial charge in [-0.3, -0.25) is 4.90 Å². The van der Waals surface area contributed by atoms with Crippen molar-refractivity contribution >= 4 is 34.9 Å². The number of amides is 1. The molecule has 1 aromatic heterocycles. The van der Waals surface area contributed by atoms with E-state index in [1.54, 1.807) is 12.3 Å². The van der Waals surface area contributed by atoms with Crippen molar-refractivity contribution < 1.29 is 9.53 Å². The summed E-state index contributed by atoms with van der Waals surface area (Å²) in [4.78, 5) is 18.7. The maximum Gasteiger partial charge on any atom is 0.410 e. The number of carbonyl (C=O) groups excluding carboxylic acids is 1. The number of fused-ring (bicyclic) bond motifs is 2. The van der Waals surface area contributed by atoms with E-state index in [2.05, 4.69) is 11.1 Å². The lowest BCUT2D eigenvalue weighted by Crippen LogP contribution is -2.51. The Balaban J connectivity index is 1.53. The number of nitrogens with zero attached hydrogens (tertiary/aromatic N) is 2. The number of rotatable bonds is 3. The molecule has 1 amide bonds. The minimum atomic E-state index is -0.247. The summed E-state index contributed by atoms with van der Waals surface area (Å²) in [7, 11) is 0. The van der Waals surface area contributed by atoms with Crippen LogP contribution in [0, 0.1) is 0 Å². The summed E-state index contributed by atoms with van der Waals surface area (Å²) in [5.74, 6) is 0. The van der Waals surface area contributed by atoms with Gasteiger partial charge in [-0.1, -0.05) is 59.6 Å². The second-order valence-electron chi connectivity index (χ2n) is 6.98. The summed E-state index contributed by atoms with van der Waals surface area (Å²) in [6.07, 6.45) is 7.21. The number of aromatic nitrogens is 1. The second-order valence-corrected chi connectivity index (χ2v) is 7.78. The molecular formula is C21H20Cl2N2O2. The first kappa shape index (κ1) is 18.3. The zero-order valence-electron chi connectivity index (χ0n) is 14.8. The number of hydrogen-bond acceptors (Lipinski definition) is 3. The summed E-state index contributed by atoms with van der Waals surface area (Å²) < 4.78 is 5.59. The van der Waals surface area contributed by atoms with E-state index < -0.39 is 0 Å². The van der Waals surface area contributed by atoms with Gasteiger partial charge in [-0.05, 0) is 42.9 Å². The predicted molar refractivity (Wildman–Crippen MR) is 107 cm³/mol. The molecule has 2 atom stereocenters. The first-order valence-corrected chi connectivity index (χ1v) is 9.88. The zero-order valence-corrected chi connectivity index (χ0v) is 16.3. The van der Waals surface area contributed by atoms with Gasteiger partial charge in [-0.2, -0.15) is 0 Å². The fourth-order valence-corrected chi connectivity index (χ4v) is 4.35. The van der Waals surface area contributed by atoms with Gasteiger partial charge >= 0.3 is 6.09 Å². The number of piperidine rings is 1. The smallest absolute Gasteiger partial charge is 0.410 e. The number of ether oxygens (including phenoxy) is 1. The minimum absolute atomic E-state index is 0.0266. The van der Waals surface area contributed by atoms with Crippen molar-refractivity contribution in [2.45, 2.75) is 44.4 Å². The van der Waals surface area contributed by atoms with Gasteiger partial charge < -0.3 is 4.74 Å². The highest BCUT2D eigenvalue weighted by atomic mass is 35.5. The van der Waals surface area contributed by atoms with E-state index in [1.807, 2.05) is 35.2 Å². The van der Waals surface area contributed by atoms with Gasteiger partial charge in [-0.25, -0.2) is 9.78 Å². The Hall–Kier alpha value is -2.04. The molecule has 1 saturated heterocycles. The van der Waals surface area contributed by atoms with Crippen LogP contribution < -0.4 is 0 Å². The van der Waals surface area contributed by atoms with Crippen molar-refractivity contribution in [3.05, 3.63) is 70.0 Å². The Bertz CT molecular complexity index is 870. The van der Waals surface area contributed by atoms with Crippen molar-refractivity contribution in [2.75, 3.05) is 0 Å². The van der Waals surface area contributed by atoms with E-state index >= 15 is 0 Å². The van der Waals surface area contributed by atoms with Crippen LogP contribution in [-0.2, 0) is 11.3 Å². The molecule has 0 radical (unpaired) electrons. The van der Waals surface area contributed by atoms with Gasteiger partial charge in [0.2, 0.25) is 0 Å². The van der Waals surface area contributed by atoms with Crippen molar-refractivity contribution in [1.82, 2.24) is 9.88 Å². The van der Waals surface area contributed by atoms with E-state index in [0.717, 1.165) is 42.4 Å². The fourth-order valence-electron chi connectivity index (χ4n) is 3.97. The Morgan fingerprint density at radius 2 is 2.04 bits per heavy atom. The Kier molecular flexibility index (Phi) is 5.37. The van der Waals surface area contributed by atoms with E-state index in [4.69, 9.17) is 27.9 Å². The second kappa shape index (κ2) is 7.91. The van der Waals surface area contributed by atoms with Crippen LogP contribution in [-0.4, -0.2) is 28.1 Å². The number of benzene rings is 1. The first-order chi connectivity index (χ1) is 13.1. The monoisotopic (exact) mass is 402 g/mol. The van der Waals surface area contributed by atoms with Crippen molar-refractivity contribution in [1.29, 1.82) is 0 Å². The van der Waals surface area contributed by atoms with Crippen LogP contribution in [0.25, 0.3) is 5.57 Å². The first-order valence-electron chi connectivity index (χ1n) is 9.13. The standard InChI is InChI=1S/C21H20Cl2N2O2/c22-19-12-24-20(23)11-18(19)15-9-16-7-4-8-17(10-15)25(16)21(26)27-13-14-5-2-1-3-6-14/h1-3,5-6,9,11-12,16-17H,4,7-8,10,13H2. The maximum absolute atomic E-state index is 12.8. The van der Waals surface area contributed by atoms with Crippen molar-refractivity contribution in [2.24, 2.45) is 0 Å². The van der Waals surface area contributed by atoms with Gasteiger partial charge in [0.1, 0.15) is 11.8 Å². The van der Waals surface area contributed by atoms with Gasteiger partial charge in [-0.15, -0.1) is 0 Å². The van der Waals surface area contributed by atoms with Gasteiger partial charge in [0.15, 0.2) is 0 Å². The van der Waals surface area contributed by atoms with Gasteiger partial charge in [0.25, 0.3) is 0 Å². The summed E-state index contributed by atoms with van der Waals surface area (Å²) in [5.41, 5.74) is 3.03. The van der Waals surface area contributed by atoms with Crippen LogP contribution in [0.1, 0.15) is 36.8 Å². The highest BCUT2D eigenvalue weighted by molar-refractivity contribution is 6.33. The van der Waals surface area contributed by atoms with Crippen LogP contribution in [0.2, 0.25) is 10.2 Å². The fraction of sp³-hybridized carbons (Fsp3) is 0.333. The van der Waals surface area contributed by atoms with Crippen molar-refractivity contribution in [3.63, 3.8) is 0 Å². The largest absolute Gasteiger partial charge is 0.445 e. The topological polar surface area (TPSA) is 42.4 Å². The molecule has 2 aliphatic heterocycles. The normalized spacial score (nSPS) is 21.6. The van der Waals surface area contributed by atoms with Crippen molar-refractivity contribution in [3.8, 4) is 0 Å².